The molecule has 7 nitrogen and oxygen atoms in total. The van der Waals surface area contributed by atoms with Crippen LogP contribution in [0.1, 0.15) is 85.5 Å². The van der Waals surface area contributed by atoms with Crippen molar-refractivity contribution in [1.82, 2.24) is 0 Å². The van der Waals surface area contributed by atoms with Crippen LogP contribution in [-0.4, -0.2) is 43.4 Å². The Kier molecular flexibility index (Phi) is 18.0. The van der Waals surface area contributed by atoms with Crippen LogP contribution in [-0.2, 0) is 46.0 Å². The molecule has 0 aliphatic heterocycles. The van der Waals surface area contributed by atoms with Crippen LogP contribution in [0.4, 0.5) is 0 Å². The molecule has 0 amide bonds. The topological polar surface area (TPSA) is 107 Å². The summed E-state index contributed by atoms with van der Waals surface area (Å²) in [6.07, 6.45) is 6.74. The monoisotopic (exact) mass is 481 g/mol. The number of hydrogen-bond donors (Lipinski definition) is 1. The molecule has 0 saturated carbocycles. The van der Waals surface area contributed by atoms with Gasteiger partial charge in [-0.05, 0) is 24.7 Å². The van der Waals surface area contributed by atoms with E-state index in [1.165, 1.54) is 0 Å². The van der Waals surface area contributed by atoms with Gasteiger partial charge in [-0.25, -0.2) is 0 Å². The maximum Gasteiger partial charge on any atom is 0.327 e. The Morgan fingerprint density at radius 2 is 1.31 bits per heavy atom. The molecular formula is C20H38CoO7S. The van der Waals surface area contributed by atoms with Crippen molar-refractivity contribution >= 4 is 22.1 Å². The maximum absolute atomic E-state index is 12.2. The Morgan fingerprint density at radius 1 is 0.862 bits per heavy atom. The molecule has 29 heavy (non-hydrogen) atoms. The number of esters is 2. The molecule has 9 heteroatoms. The SMILES string of the molecule is CCCCC(CC)COC(=O)CC(C(=O)OCC(CC)CCCC)S(=O)(=O)O.[Co]. The normalized spacial score (nSPS) is 14.4. The Labute approximate surface area is 186 Å². The van der Waals surface area contributed by atoms with E-state index in [1.54, 1.807) is 0 Å². The third-order valence-electron chi connectivity index (χ3n) is 5.00. The predicted molar refractivity (Wildman–Crippen MR) is 108 cm³/mol. The molecule has 0 aromatic carbocycles. The molecule has 0 aromatic heterocycles. The van der Waals surface area contributed by atoms with Crippen molar-refractivity contribution in [2.45, 2.75) is 90.7 Å². The van der Waals surface area contributed by atoms with Crippen molar-refractivity contribution in [1.29, 1.82) is 0 Å². The Bertz CT molecular complexity index is 551. The third kappa shape index (κ3) is 14.1. The minimum Gasteiger partial charge on any atom is -0.465 e. The number of rotatable bonds is 16. The van der Waals surface area contributed by atoms with Gasteiger partial charge in [0.05, 0.1) is 19.6 Å². The first kappa shape index (κ1) is 30.5. The molecule has 0 fully saturated rings. The van der Waals surface area contributed by atoms with Gasteiger partial charge in [0.2, 0.25) is 0 Å². The zero-order valence-electron chi connectivity index (χ0n) is 18.1. The summed E-state index contributed by atoms with van der Waals surface area (Å²) >= 11 is 0. The van der Waals surface area contributed by atoms with E-state index in [0.29, 0.717) is 0 Å². The van der Waals surface area contributed by atoms with Crippen LogP contribution in [0, 0.1) is 11.8 Å². The quantitative estimate of drug-likeness (QED) is 0.261. The van der Waals surface area contributed by atoms with Gasteiger partial charge in [-0.2, -0.15) is 8.42 Å². The molecule has 1 radical (unpaired) electrons. The molecule has 0 saturated heterocycles. The summed E-state index contributed by atoms with van der Waals surface area (Å²) in [5.41, 5.74) is 0. The van der Waals surface area contributed by atoms with Crippen molar-refractivity contribution in [3.63, 3.8) is 0 Å². The summed E-state index contributed by atoms with van der Waals surface area (Å²) in [5, 5.41) is -1.95. The average molecular weight is 482 g/mol. The second-order valence-corrected chi connectivity index (χ2v) is 8.95. The standard InChI is InChI=1S/C20H38O7S.Co/c1-5-9-11-16(7-3)14-26-19(21)13-18(28(23,24)25)20(22)27-15-17(8-4)12-10-6-2;/h16-18H,5-15H2,1-4H3,(H,23,24,25);. The predicted octanol–water partition coefficient (Wildman–Crippen LogP) is 4.15. The molecule has 3 unspecified atom stereocenters. The molecular weight excluding hydrogens is 443 g/mol. The molecule has 0 aliphatic carbocycles. The van der Waals surface area contributed by atoms with Crippen molar-refractivity contribution in [2.24, 2.45) is 11.8 Å². The fourth-order valence-electron chi connectivity index (χ4n) is 2.82. The second-order valence-electron chi connectivity index (χ2n) is 7.35. The van der Waals surface area contributed by atoms with Gasteiger partial charge in [0.25, 0.3) is 10.1 Å². The van der Waals surface area contributed by atoms with Crippen LogP contribution in [0.2, 0.25) is 0 Å². The molecule has 0 spiro atoms. The van der Waals surface area contributed by atoms with E-state index in [-0.39, 0.29) is 41.8 Å². The van der Waals surface area contributed by atoms with E-state index in [0.717, 1.165) is 51.4 Å². The minimum atomic E-state index is -4.76. The number of ether oxygens (including phenoxy) is 2. The van der Waals surface area contributed by atoms with Crippen LogP contribution >= 0.6 is 0 Å². The number of hydrogen-bond acceptors (Lipinski definition) is 6. The van der Waals surface area contributed by atoms with Crippen LogP contribution in [0.25, 0.3) is 0 Å². The fraction of sp³-hybridized carbons (Fsp3) is 0.900. The molecule has 0 aromatic rings. The first-order valence-corrected chi connectivity index (χ1v) is 12.0. The number of carbonyl (C=O) groups excluding carboxylic acids is 2. The van der Waals surface area contributed by atoms with Crippen LogP contribution in [0.5, 0.6) is 0 Å². The molecule has 0 bridgehead atoms. The van der Waals surface area contributed by atoms with Gasteiger partial charge in [-0.3, -0.25) is 14.1 Å². The number of unbranched alkanes of at least 4 members (excludes halogenated alkanes) is 2. The molecule has 0 heterocycles. The second kappa shape index (κ2) is 17.1. The van der Waals surface area contributed by atoms with E-state index in [2.05, 4.69) is 13.8 Å². The van der Waals surface area contributed by atoms with E-state index in [9.17, 15) is 22.6 Å². The largest absolute Gasteiger partial charge is 0.465 e. The summed E-state index contributed by atoms with van der Waals surface area (Å²) in [7, 11) is -4.76. The zero-order valence-corrected chi connectivity index (χ0v) is 20.0. The van der Waals surface area contributed by atoms with Crippen molar-refractivity contribution in [3.05, 3.63) is 0 Å². The molecule has 175 valence electrons. The zero-order chi connectivity index (χ0) is 21.6. The summed E-state index contributed by atoms with van der Waals surface area (Å²) in [4.78, 5) is 24.2. The van der Waals surface area contributed by atoms with E-state index >= 15 is 0 Å². The average Bonchev–Trinajstić information content (AvgIpc) is 2.65. The summed E-state index contributed by atoms with van der Waals surface area (Å²) < 4.78 is 42.8. The van der Waals surface area contributed by atoms with Gasteiger partial charge >= 0.3 is 11.9 Å². The Morgan fingerprint density at radius 3 is 1.69 bits per heavy atom. The summed E-state index contributed by atoms with van der Waals surface area (Å²) in [6, 6.07) is 0. The minimum absolute atomic E-state index is 0. The Hall–Kier alpha value is -0.644. The maximum atomic E-state index is 12.2. The van der Waals surface area contributed by atoms with Gasteiger partial charge < -0.3 is 9.47 Å². The summed E-state index contributed by atoms with van der Waals surface area (Å²) in [5.74, 6) is -1.61. The van der Waals surface area contributed by atoms with E-state index < -0.39 is 33.7 Å². The van der Waals surface area contributed by atoms with Crippen LogP contribution in [0.15, 0.2) is 0 Å². The van der Waals surface area contributed by atoms with Crippen molar-refractivity contribution in [3.8, 4) is 0 Å². The van der Waals surface area contributed by atoms with E-state index in [4.69, 9.17) is 9.47 Å². The van der Waals surface area contributed by atoms with E-state index in [1.807, 2.05) is 13.8 Å². The summed E-state index contributed by atoms with van der Waals surface area (Å²) in [6.45, 7) is 8.35. The number of carbonyl (C=O) groups is 2. The van der Waals surface area contributed by atoms with Crippen LogP contribution < -0.4 is 0 Å². The molecule has 3 atom stereocenters. The molecule has 1 N–H and O–H groups in total. The first-order valence-electron chi connectivity index (χ1n) is 10.5. The molecule has 0 rings (SSSR count). The fourth-order valence-corrected chi connectivity index (χ4v) is 3.48. The van der Waals surface area contributed by atoms with Gasteiger partial charge in [0, 0.05) is 16.8 Å². The molecule has 0 aliphatic rings. The van der Waals surface area contributed by atoms with Gasteiger partial charge in [0.1, 0.15) is 0 Å². The smallest absolute Gasteiger partial charge is 0.327 e. The first-order chi connectivity index (χ1) is 13.2. The Balaban J connectivity index is 0. The van der Waals surface area contributed by atoms with Crippen LogP contribution in [0.3, 0.4) is 0 Å². The van der Waals surface area contributed by atoms with Gasteiger partial charge in [-0.1, -0.05) is 66.2 Å². The third-order valence-corrected chi connectivity index (χ3v) is 6.08. The van der Waals surface area contributed by atoms with Crippen molar-refractivity contribution in [2.75, 3.05) is 13.2 Å². The van der Waals surface area contributed by atoms with Crippen molar-refractivity contribution < 1.29 is 48.8 Å². The van der Waals surface area contributed by atoms with Gasteiger partial charge in [0.15, 0.2) is 5.25 Å². The van der Waals surface area contributed by atoms with Gasteiger partial charge in [-0.15, -0.1) is 0 Å².